The van der Waals surface area contributed by atoms with E-state index >= 15 is 0 Å². The number of nitrogens with two attached hydrogens (primary N) is 1. The molecule has 0 aliphatic carbocycles. The second-order valence-electron chi connectivity index (χ2n) is 4.41. The van der Waals surface area contributed by atoms with Crippen LogP contribution >= 0.6 is 0 Å². The van der Waals surface area contributed by atoms with Crippen LogP contribution in [0, 0.1) is 0 Å². The average molecular weight is 231 g/mol. The number of rotatable bonds is 5. The van der Waals surface area contributed by atoms with E-state index in [9.17, 15) is 14.4 Å². The molecule has 0 bridgehead atoms. The second-order valence-corrected chi connectivity index (χ2v) is 4.41. The molecule has 0 aliphatic rings. The summed E-state index contributed by atoms with van der Waals surface area (Å²) in [5.74, 6) is -3.11. The third kappa shape index (κ3) is 6.13. The number of carbonyl (C=O) groups is 3. The molecule has 16 heavy (non-hydrogen) atoms. The molecule has 0 heterocycles. The summed E-state index contributed by atoms with van der Waals surface area (Å²) in [6.07, 6.45) is -0.296. The maximum atomic E-state index is 11.3. The first kappa shape index (κ1) is 14.6. The van der Waals surface area contributed by atoms with Crippen LogP contribution < -0.4 is 5.73 Å². The second kappa shape index (κ2) is 5.60. The molecule has 0 amide bonds. The number of Topliss-reactive ketones (excluding diaryl/α,β-unsaturated/α-hetero) is 1. The summed E-state index contributed by atoms with van der Waals surface area (Å²) in [5.41, 5.74) is 4.81. The molecular weight excluding hydrogens is 214 g/mol. The molecule has 0 aromatic rings. The fourth-order valence-corrected chi connectivity index (χ4v) is 0.889. The van der Waals surface area contributed by atoms with Gasteiger partial charge in [-0.3, -0.25) is 9.59 Å². The van der Waals surface area contributed by atoms with Crippen molar-refractivity contribution in [1.82, 2.24) is 0 Å². The summed E-state index contributed by atoms with van der Waals surface area (Å²) in [7, 11) is 0. The molecule has 1 unspecified atom stereocenters. The van der Waals surface area contributed by atoms with Crippen molar-refractivity contribution in [2.45, 2.75) is 45.3 Å². The lowest BCUT2D eigenvalue weighted by atomic mass is 10.1. The monoisotopic (exact) mass is 231 g/mol. The standard InChI is InChI=1S/C10H17NO5/c1-10(2,3)16-9(15)6(11)4-5-7(12)8(13)14/h6H,4-5,11H2,1-3H3,(H,13,14). The third-order valence-electron chi connectivity index (χ3n) is 1.63. The summed E-state index contributed by atoms with van der Waals surface area (Å²) in [6, 6.07) is -0.970. The van der Waals surface area contributed by atoms with Gasteiger partial charge >= 0.3 is 11.9 Å². The van der Waals surface area contributed by atoms with Crippen molar-refractivity contribution in [1.29, 1.82) is 0 Å². The Morgan fingerprint density at radius 1 is 1.31 bits per heavy atom. The number of ether oxygens (including phenoxy) is 1. The Kier molecular flexibility index (Phi) is 5.10. The first-order valence-electron chi connectivity index (χ1n) is 4.88. The number of ketones is 1. The van der Waals surface area contributed by atoms with Crippen molar-refractivity contribution in [2.75, 3.05) is 0 Å². The van der Waals surface area contributed by atoms with Crippen molar-refractivity contribution >= 4 is 17.7 Å². The van der Waals surface area contributed by atoms with E-state index in [4.69, 9.17) is 15.6 Å². The molecule has 0 saturated heterocycles. The molecule has 0 aromatic carbocycles. The van der Waals surface area contributed by atoms with E-state index in [2.05, 4.69) is 0 Å². The van der Waals surface area contributed by atoms with Gasteiger partial charge in [-0.1, -0.05) is 0 Å². The highest BCUT2D eigenvalue weighted by Gasteiger charge is 2.23. The quantitative estimate of drug-likeness (QED) is 0.513. The predicted octanol–water partition coefficient (Wildman–Crippen LogP) is 0.0893. The van der Waals surface area contributed by atoms with Crippen LogP contribution in [0.4, 0.5) is 0 Å². The van der Waals surface area contributed by atoms with Gasteiger partial charge in [-0.25, -0.2) is 4.79 Å². The van der Waals surface area contributed by atoms with Gasteiger partial charge in [0.1, 0.15) is 11.6 Å². The molecule has 0 aromatic heterocycles. The largest absolute Gasteiger partial charge is 0.476 e. The Labute approximate surface area is 93.8 Å². The molecule has 6 nitrogen and oxygen atoms in total. The highest BCUT2D eigenvalue weighted by molar-refractivity contribution is 6.32. The topological polar surface area (TPSA) is 107 Å². The van der Waals surface area contributed by atoms with E-state index in [0.29, 0.717) is 0 Å². The van der Waals surface area contributed by atoms with Gasteiger partial charge in [0.25, 0.3) is 0 Å². The van der Waals surface area contributed by atoms with Crippen molar-refractivity contribution in [3.05, 3.63) is 0 Å². The number of aliphatic carboxylic acids is 1. The molecule has 3 N–H and O–H groups in total. The van der Waals surface area contributed by atoms with Crippen LogP contribution in [0.15, 0.2) is 0 Å². The van der Waals surface area contributed by atoms with Gasteiger partial charge in [0.05, 0.1) is 0 Å². The normalized spacial score (nSPS) is 13.0. The molecule has 92 valence electrons. The number of carbonyl (C=O) groups excluding carboxylic acids is 2. The Balaban J connectivity index is 4.07. The van der Waals surface area contributed by atoms with Crippen molar-refractivity contribution in [2.24, 2.45) is 5.73 Å². The van der Waals surface area contributed by atoms with Crippen LogP contribution in [0.2, 0.25) is 0 Å². The fraction of sp³-hybridized carbons (Fsp3) is 0.700. The van der Waals surface area contributed by atoms with Crippen LogP contribution in [-0.4, -0.2) is 34.5 Å². The summed E-state index contributed by atoms with van der Waals surface area (Å²) in [6.45, 7) is 5.08. The van der Waals surface area contributed by atoms with E-state index in [1.165, 1.54) is 0 Å². The molecule has 0 saturated carbocycles. The minimum absolute atomic E-state index is 0.0277. The van der Waals surface area contributed by atoms with E-state index < -0.39 is 29.4 Å². The molecular formula is C10H17NO5. The smallest absolute Gasteiger partial charge is 0.372 e. The first-order valence-corrected chi connectivity index (χ1v) is 4.88. The number of esters is 1. The predicted molar refractivity (Wildman–Crippen MR) is 55.7 cm³/mol. The van der Waals surface area contributed by atoms with Crippen LogP contribution in [0.3, 0.4) is 0 Å². The average Bonchev–Trinajstić information content (AvgIpc) is 2.10. The van der Waals surface area contributed by atoms with Crippen molar-refractivity contribution in [3.63, 3.8) is 0 Å². The first-order chi connectivity index (χ1) is 7.13. The minimum Gasteiger partial charge on any atom is -0.476 e. The number of carboxylic acids is 1. The number of carboxylic acid groups (broad SMARTS) is 1. The van der Waals surface area contributed by atoms with Crippen molar-refractivity contribution < 1.29 is 24.2 Å². The molecule has 0 spiro atoms. The Hall–Kier alpha value is -1.43. The molecule has 0 aliphatic heterocycles. The molecule has 0 radical (unpaired) electrons. The lowest BCUT2D eigenvalue weighted by Gasteiger charge is -2.21. The van der Waals surface area contributed by atoms with E-state index in [-0.39, 0.29) is 12.8 Å². The van der Waals surface area contributed by atoms with Crippen LogP contribution in [0.5, 0.6) is 0 Å². The molecule has 0 fully saturated rings. The van der Waals surface area contributed by atoms with E-state index in [0.717, 1.165) is 0 Å². The van der Waals surface area contributed by atoms with E-state index in [1.807, 2.05) is 0 Å². The Bertz CT molecular complexity index is 292. The minimum atomic E-state index is -1.52. The van der Waals surface area contributed by atoms with E-state index in [1.54, 1.807) is 20.8 Å². The maximum absolute atomic E-state index is 11.3. The Morgan fingerprint density at radius 3 is 2.19 bits per heavy atom. The lowest BCUT2D eigenvalue weighted by molar-refractivity contribution is -0.157. The molecule has 1 atom stereocenters. The van der Waals surface area contributed by atoms with Gasteiger partial charge in [0, 0.05) is 6.42 Å². The zero-order valence-electron chi connectivity index (χ0n) is 9.65. The third-order valence-corrected chi connectivity index (χ3v) is 1.63. The highest BCUT2D eigenvalue weighted by Crippen LogP contribution is 2.09. The summed E-state index contributed by atoms with van der Waals surface area (Å²) < 4.78 is 4.97. The summed E-state index contributed by atoms with van der Waals surface area (Å²) in [4.78, 5) is 32.3. The molecule has 0 rings (SSSR count). The maximum Gasteiger partial charge on any atom is 0.372 e. The zero-order valence-corrected chi connectivity index (χ0v) is 9.65. The fourth-order valence-electron chi connectivity index (χ4n) is 0.889. The van der Waals surface area contributed by atoms with Crippen LogP contribution in [0.1, 0.15) is 33.6 Å². The summed E-state index contributed by atoms with van der Waals surface area (Å²) >= 11 is 0. The number of hydrogen-bond acceptors (Lipinski definition) is 5. The van der Waals surface area contributed by atoms with Gasteiger partial charge in [-0.2, -0.15) is 0 Å². The van der Waals surface area contributed by atoms with Gasteiger partial charge < -0.3 is 15.6 Å². The van der Waals surface area contributed by atoms with Gasteiger partial charge in [0.2, 0.25) is 5.78 Å². The Morgan fingerprint density at radius 2 is 1.81 bits per heavy atom. The molecule has 6 heteroatoms. The van der Waals surface area contributed by atoms with Gasteiger partial charge in [0.15, 0.2) is 0 Å². The zero-order chi connectivity index (χ0) is 12.9. The number of hydrogen-bond donors (Lipinski definition) is 2. The van der Waals surface area contributed by atoms with Crippen LogP contribution in [-0.2, 0) is 19.1 Å². The lowest BCUT2D eigenvalue weighted by Crippen LogP contribution is -2.37. The SMILES string of the molecule is CC(C)(C)OC(=O)C(N)CCC(=O)C(=O)O. The van der Waals surface area contributed by atoms with Crippen molar-refractivity contribution in [3.8, 4) is 0 Å². The summed E-state index contributed by atoms with van der Waals surface area (Å²) in [5, 5.41) is 8.31. The van der Waals surface area contributed by atoms with Gasteiger partial charge in [-0.05, 0) is 27.2 Å². The van der Waals surface area contributed by atoms with Gasteiger partial charge in [-0.15, -0.1) is 0 Å². The van der Waals surface area contributed by atoms with Crippen LogP contribution in [0.25, 0.3) is 0 Å². The highest BCUT2D eigenvalue weighted by atomic mass is 16.6.